The van der Waals surface area contributed by atoms with Crippen molar-refractivity contribution in [3.8, 4) is 26.9 Å². The van der Waals surface area contributed by atoms with Crippen LogP contribution in [0.25, 0.3) is 21.1 Å². The molecule has 6 nitrogen and oxygen atoms in total. The highest BCUT2D eigenvalue weighted by molar-refractivity contribution is 7.19. The second kappa shape index (κ2) is 7.44. The van der Waals surface area contributed by atoms with Crippen molar-refractivity contribution in [3.05, 3.63) is 36.4 Å². The van der Waals surface area contributed by atoms with Gasteiger partial charge in [0.05, 0.1) is 0 Å². The Morgan fingerprint density at radius 1 is 0.778 bits per heavy atom. The van der Waals surface area contributed by atoms with E-state index in [1.165, 1.54) is 11.3 Å². The maximum Gasteiger partial charge on any atom is 0.177 e. The van der Waals surface area contributed by atoms with Crippen LogP contribution in [0, 0.1) is 0 Å². The molecule has 1 aromatic carbocycles. The molecule has 0 spiro atoms. The van der Waals surface area contributed by atoms with Gasteiger partial charge in [0, 0.05) is 58.9 Å². The summed E-state index contributed by atoms with van der Waals surface area (Å²) in [7, 11) is 11.8. The summed E-state index contributed by atoms with van der Waals surface area (Å²) in [6.07, 6.45) is 0. The Balaban J connectivity index is 2.04. The number of nitrogens with zero attached hydrogens (tertiary/aromatic N) is 5. The van der Waals surface area contributed by atoms with Gasteiger partial charge in [0.2, 0.25) is 0 Å². The van der Waals surface area contributed by atoms with Crippen LogP contribution >= 0.6 is 11.3 Å². The molecule has 0 fully saturated rings. The number of benzene rings is 1. The second-order valence-electron chi connectivity index (χ2n) is 6.96. The van der Waals surface area contributed by atoms with Gasteiger partial charge >= 0.3 is 0 Å². The van der Waals surface area contributed by atoms with Crippen LogP contribution in [0.3, 0.4) is 0 Å². The molecule has 2 heterocycles. The summed E-state index contributed by atoms with van der Waals surface area (Å²) >= 11 is 1.50. The predicted molar refractivity (Wildman–Crippen MR) is 115 cm³/mol. The Morgan fingerprint density at radius 2 is 1.33 bits per heavy atom. The van der Waals surface area contributed by atoms with E-state index in [1.54, 1.807) is 6.07 Å². The molecule has 0 amide bonds. The summed E-state index contributed by atoms with van der Waals surface area (Å²) in [6, 6.07) is 12.0. The SMILES string of the molecule is CN(C)c1ccc(-c2cc(O)c(-c3nc(N(C)C)cc(N(C)C)n3)s2)cc1. The smallest absolute Gasteiger partial charge is 0.177 e. The average Bonchev–Trinajstić information content (AvgIpc) is 3.03. The molecule has 1 N–H and O–H groups in total. The maximum atomic E-state index is 10.5. The first kappa shape index (κ1) is 19.0. The molecule has 3 rings (SSSR count). The number of anilines is 3. The van der Waals surface area contributed by atoms with Crippen molar-refractivity contribution in [2.45, 2.75) is 0 Å². The lowest BCUT2D eigenvalue weighted by Crippen LogP contribution is -2.16. The molecule has 0 atom stereocenters. The van der Waals surface area contributed by atoms with Crippen LogP contribution in [0.4, 0.5) is 17.3 Å². The van der Waals surface area contributed by atoms with Gasteiger partial charge in [-0.3, -0.25) is 0 Å². The van der Waals surface area contributed by atoms with Crippen molar-refractivity contribution < 1.29 is 5.11 Å². The predicted octanol–water partition coefficient (Wildman–Crippen LogP) is 3.78. The van der Waals surface area contributed by atoms with Gasteiger partial charge in [-0.2, -0.15) is 0 Å². The van der Waals surface area contributed by atoms with E-state index in [-0.39, 0.29) is 5.75 Å². The van der Waals surface area contributed by atoms with Crippen LogP contribution in [0.2, 0.25) is 0 Å². The highest BCUT2D eigenvalue weighted by Crippen LogP contribution is 2.42. The van der Waals surface area contributed by atoms with E-state index >= 15 is 0 Å². The minimum atomic E-state index is 0.201. The molecule has 0 bridgehead atoms. The number of aromatic hydroxyl groups is 1. The summed E-state index contributed by atoms with van der Waals surface area (Å²) in [6.45, 7) is 0. The monoisotopic (exact) mass is 383 g/mol. The highest BCUT2D eigenvalue weighted by Gasteiger charge is 2.17. The van der Waals surface area contributed by atoms with Gasteiger partial charge in [-0.25, -0.2) is 9.97 Å². The fourth-order valence-electron chi connectivity index (χ4n) is 2.59. The number of aromatic nitrogens is 2. The van der Waals surface area contributed by atoms with E-state index in [9.17, 15) is 5.11 Å². The van der Waals surface area contributed by atoms with Gasteiger partial charge in [-0.05, 0) is 23.8 Å². The fourth-order valence-corrected chi connectivity index (χ4v) is 3.58. The lowest BCUT2D eigenvalue weighted by molar-refractivity contribution is 0.479. The van der Waals surface area contributed by atoms with E-state index in [4.69, 9.17) is 0 Å². The quantitative estimate of drug-likeness (QED) is 0.724. The van der Waals surface area contributed by atoms with Crippen LogP contribution in [0.5, 0.6) is 5.75 Å². The minimum absolute atomic E-state index is 0.201. The van der Waals surface area contributed by atoms with Crippen molar-refractivity contribution >= 4 is 28.7 Å². The third-order valence-electron chi connectivity index (χ3n) is 4.20. The van der Waals surface area contributed by atoms with Crippen molar-refractivity contribution in [2.75, 3.05) is 57.0 Å². The molecule has 3 aromatic rings. The molecule has 0 saturated carbocycles. The molecule has 0 aliphatic heterocycles. The highest BCUT2D eigenvalue weighted by atomic mass is 32.1. The first-order valence-electron chi connectivity index (χ1n) is 8.61. The third-order valence-corrected chi connectivity index (χ3v) is 5.37. The Labute approximate surface area is 164 Å². The number of rotatable bonds is 5. The molecule has 27 heavy (non-hydrogen) atoms. The summed E-state index contributed by atoms with van der Waals surface area (Å²) < 4.78 is 0. The minimum Gasteiger partial charge on any atom is -0.506 e. The summed E-state index contributed by atoms with van der Waals surface area (Å²) in [5, 5.41) is 10.5. The number of hydrogen-bond acceptors (Lipinski definition) is 7. The van der Waals surface area contributed by atoms with Crippen LogP contribution in [-0.4, -0.2) is 57.4 Å². The lowest BCUT2D eigenvalue weighted by atomic mass is 10.1. The molecule has 0 unspecified atom stereocenters. The third kappa shape index (κ3) is 3.98. The van der Waals surface area contributed by atoms with Crippen molar-refractivity contribution in [1.82, 2.24) is 9.97 Å². The zero-order valence-corrected chi connectivity index (χ0v) is 17.4. The van der Waals surface area contributed by atoms with E-state index in [1.807, 2.05) is 58.2 Å². The Morgan fingerprint density at radius 3 is 1.81 bits per heavy atom. The molecule has 0 aliphatic carbocycles. The first-order chi connectivity index (χ1) is 12.8. The number of hydrogen-bond donors (Lipinski definition) is 1. The summed E-state index contributed by atoms with van der Waals surface area (Å²) in [5.41, 5.74) is 2.20. The van der Waals surface area contributed by atoms with Crippen LogP contribution in [-0.2, 0) is 0 Å². The zero-order valence-electron chi connectivity index (χ0n) is 16.6. The van der Waals surface area contributed by atoms with Crippen molar-refractivity contribution in [1.29, 1.82) is 0 Å². The standard InChI is InChI=1S/C20H25N5OS/c1-23(2)14-9-7-13(8-10-14)16-11-15(26)19(27-16)20-21-17(24(3)4)12-18(22-20)25(5)6/h7-12,26H,1-6H3. The van der Waals surface area contributed by atoms with Crippen LogP contribution < -0.4 is 14.7 Å². The van der Waals surface area contributed by atoms with Gasteiger partial charge in [-0.15, -0.1) is 11.3 Å². The molecular weight excluding hydrogens is 358 g/mol. The second-order valence-corrected chi connectivity index (χ2v) is 8.02. The van der Waals surface area contributed by atoms with Crippen molar-refractivity contribution in [3.63, 3.8) is 0 Å². The summed E-state index contributed by atoms with van der Waals surface area (Å²) in [5.74, 6) is 2.33. The Bertz CT molecular complexity index is 906. The Kier molecular flexibility index (Phi) is 5.23. The van der Waals surface area contributed by atoms with E-state index < -0.39 is 0 Å². The molecule has 7 heteroatoms. The topological polar surface area (TPSA) is 55.7 Å². The molecule has 0 aliphatic rings. The van der Waals surface area contributed by atoms with E-state index in [0.29, 0.717) is 10.7 Å². The zero-order chi connectivity index (χ0) is 19.7. The van der Waals surface area contributed by atoms with Crippen LogP contribution in [0.1, 0.15) is 0 Å². The first-order valence-corrected chi connectivity index (χ1v) is 9.42. The Hall–Kier alpha value is -2.80. The van der Waals surface area contributed by atoms with Crippen molar-refractivity contribution in [2.24, 2.45) is 0 Å². The molecular formula is C20H25N5OS. The van der Waals surface area contributed by atoms with Gasteiger partial charge < -0.3 is 19.8 Å². The van der Waals surface area contributed by atoms with Crippen LogP contribution in [0.15, 0.2) is 36.4 Å². The summed E-state index contributed by atoms with van der Waals surface area (Å²) in [4.78, 5) is 16.8. The molecule has 142 valence electrons. The molecule has 0 saturated heterocycles. The number of thiophene rings is 1. The molecule has 2 aromatic heterocycles. The van der Waals surface area contributed by atoms with E-state index in [2.05, 4.69) is 39.1 Å². The largest absolute Gasteiger partial charge is 0.506 e. The van der Waals surface area contributed by atoms with Gasteiger partial charge in [0.25, 0.3) is 0 Å². The molecule has 0 radical (unpaired) electrons. The lowest BCUT2D eigenvalue weighted by Gasteiger charge is -2.17. The van der Waals surface area contributed by atoms with Gasteiger partial charge in [0.1, 0.15) is 22.3 Å². The normalized spacial score (nSPS) is 10.7. The fraction of sp³-hybridized carbons (Fsp3) is 0.300. The average molecular weight is 384 g/mol. The van der Waals surface area contributed by atoms with Gasteiger partial charge in [0.15, 0.2) is 5.82 Å². The maximum absolute atomic E-state index is 10.5. The van der Waals surface area contributed by atoms with E-state index in [0.717, 1.165) is 27.8 Å². The van der Waals surface area contributed by atoms with Gasteiger partial charge in [-0.1, -0.05) is 12.1 Å².